The molecule has 0 fully saturated rings. The van der Waals surface area contributed by atoms with E-state index < -0.39 is 11.0 Å². The Kier molecular flexibility index (Phi) is 2.46. The molecule has 4 nitrogen and oxygen atoms in total. The third kappa shape index (κ3) is 1.86. The minimum Gasteiger partial charge on any atom is -0.317 e. The van der Waals surface area contributed by atoms with Gasteiger partial charge in [0.25, 0.3) is 11.0 Å². The zero-order chi connectivity index (χ0) is 11.0. The normalized spacial score (nSPS) is 10.5. The predicted molar refractivity (Wildman–Crippen MR) is 58.7 cm³/mol. The van der Waals surface area contributed by atoms with Crippen LogP contribution < -0.4 is 11.0 Å². The topological polar surface area (TPSA) is 62.8 Å². The molecule has 6 heteroatoms. The van der Waals surface area contributed by atoms with Crippen LogP contribution in [0.3, 0.4) is 0 Å². The van der Waals surface area contributed by atoms with E-state index in [0.29, 0.717) is 16.1 Å². The van der Waals surface area contributed by atoms with Crippen molar-refractivity contribution in [3.63, 3.8) is 0 Å². The Morgan fingerprint density at radius 3 is 2.67 bits per heavy atom. The zero-order valence-electron chi connectivity index (χ0n) is 7.25. The summed E-state index contributed by atoms with van der Waals surface area (Å²) in [4.78, 5) is 28.4. The second-order valence-electron chi connectivity index (χ2n) is 2.86. The maximum Gasteiger partial charge on any atom is 0.297 e. The van der Waals surface area contributed by atoms with Crippen molar-refractivity contribution in [2.75, 3.05) is 0 Å². The van der Waals surface area contributed by atoms with Gasteiger partial charge in [0.1, 0.15) is 5.52 Å². The number of rotatable bonds is 0. The van der Waals surface area contributed by atoms with Gasteiger partial charge in [-0.15, -0.1) is 0 Å². The molecule has 0 amide bonds. The molecule has 15 heavy (non-hydrogen) atoms. The maximum absolute atomic E-state index is 11.2. The highest BCUT2D eigenvalue weighted by Gasteiger charge is 2.03. The summed E-state index contributed by atoms with van der Waals surface area (Å²) in [5.74, 6) is 0. The number of aromatic amines is 1. The lowest BCUT2D eigenvalue weighted by Gasteiger charge is -1.95. The van der Waals surface area contributed by atoms with Crippen molar-refractivity contribution in [1.29, 1.82) is 0 Å². The fraction of sp³-hybridized carbons (Fsp3) is 0. The molecule has 0 saturated carbocycles. The van der Waals surface area contributed by atoms with Crippen molar-refractivity contribution < 1.29 is 0 Å². The van der Waals surface area contributed by atoms with Gasteiger partial charge in [0.15, 0.2) is 0 Å². The van der Waals surface area contributed by atoms with E-state index in [4.69, 9.17) is 23.2 Å². The van der Waals surface area contributed by atoms with Crippen LogP contribution in [0.4, 0.5) is 0 Å². The van der Waals surface area contributed by atoms with Crippen LogP contribution in [0, 0.1) is 0 Å². The molecule has 0 radical (unpaired) electrons. The molecule has 1 aromatic heterocycles. The lowest BCUT2D eigenvalue weighted by molar-refractivity contribution is 1.28. The number of H-pyrrole nitrogens is 1. The first-order chi connectivity index (χ1) is 7.08. The van der Waals surface area contributed by atoms with E-state index in [9.17, 15) is 9.59 Å². The third-order valence-corrected chi connectivity index (χ3v) is 2.32. The highest BCUT2D eigenvalue weighted by molar-refractivity contribution is 6.38. The molecule has 0 aliphatic carbocycles. The van der Waals surface area contributed by atoms with Crippen LogP contribution in [0.2, 0.25) is 10.0 Å². The van der Waals surface area contributed by atoms with Gasteiger partial charge in [-0.25, -0.2) is 4.98 Å². The van der Waals surface area contributed by atoms with Crippen molar-refractivity contribution >= 4 is 34.2 Å². The second-order valence-corrected chi connectivity index (χ2v) is 3.70. The first kappa shape index (κ1) is 10.1. The zero-order valence-corrected chi connectivity index (χ0v) is 8.76. The third-order valence-electron chi connectivity index (χ3n) is 1.81. The van der Waals surface area contributed by atoms with E-state index in [2.05, 4.69) is 9.97 Å². The molecule has 0 aliphatic heterocycles. The lowest BCUT2D eigenvalue weighted by Crippen LogP contribution is -2.22. The van der Waals surface area contributed by atoms with Crippen molar-refractivity contribution in [3.05, 3.63) is 49.0 Å². The predicted octanol–water partition coefficient (Wildman–Crippen LogP) is 1.59. The Morgan fingerprint density at radius 1 is 1.20 bits per heavy atom. The van der Waals surface area contributed by atoms with Gasteiger partial charge in [-0.3, -0.25) is 9.59 Å². The number of fused-ring (bicyclic) bond motifs is 1. The molecule has 0 bridgehead atoms. The molecule has 0 saturated heterocycles. The lowest BCUT2D eigenvalue weighted by atomic mass is 10.3. The van der Waals surface area contributed by atoms with Crippen LogP contribution in [0.15, 0.2) is 27.9 Å². The van der Waals surface area contributed by atoms with Crippen molar-refractivity contribution in [3.8, 4) is 0 Å². The van der Waals surface area contributed by atoms with Crippen molar-refractivity contribution in [1.82, 2.24) is 9.97 Å². The van der Waals surface area contributed by atoms with Gasteiger partial charge in [0, 0.05) is 5.02 Å². The first-order valence-corrected chi connectivity index (χ1v) is 4.72. The van der Waals surface area contributed by atoms with Crippen LogP contribution in [-0.2, 0) is 0 Å². The number of nitrogens with one attached hydrogen (secondary N) is 1. The van der Waals surface area contributed by atoms with Gasteiger partial charge in [-0.1, -0.05) is 23.2 Å². The van der Waals surface area contributed by atoms with E-state index >= 15 is 0 Å². The molecule has 0 unspecified atom stereocenters. The second kappa shape index (κ2) is 3.64. The Labute approximate surface area is 93.5 Å². The standard InChI is InChI=1S/C9H4Cl2N2O2/c10-4-1-5(11)8-6(2-4)13-9(15)7(14)3-12-8/h1-3H,(H,13,14,15). The van der Waals surface area contributed by atoms with Crippen molar-refractivity contribution in [2.24, 2.45) is 0 Å². The summed E-state index contributed by atoms with van der Waals surface area (Å²) in [6, 6.07) is 2.97. The summed E-state index contributed by atoms with van der Waals surface area (Å²) in [5.41, 5.74) is -0.811. The number of hydrogen-bond donors (Lipinski definition) is 1. The maximum atomic E-state index is 11.2. The van der Waals surface area contributed by atoms with Gasteiger partial charge >= 0.3 is 0 Å². The van der Waals surface area contributed by atoms with E-state index in [1.54, 1.807) is 0 Å². The van der Waals surface area contributed by atoms with Gasteiger partial charge in [0.05, 0.1) is 16.7 Å². The Hall–Kier alpha value is -1.39. The minimum atomic E-state index is -0.754. The Bertz CT molecular complexity index is 652. The quantitative estimate of drug-likeness (QED) is 0.714. The molecular weight excluding hydrogens is 239 g/mol. The molecule has 1 N–H and O–H groups in total. The summed E-state index contributed by atoms with van der Waals surface area (Å²) < 4.78 is 0. The van der Waals surface area contributed by atoms with Gasteiger partial charge in [0.2, 0.25) is 0 Å². The smallest absolute Gasteiger partial charge is 0.297 e. The molecule has 0 atom stereocenters. The molecule has 2 rings (SSSR count). The molecule has 0 aliphatic rings. The monoisotopic (exact) mass is 242 g/mol. The number of benzene rings is 1. The summed E-state index contributed by atoms with van der Waals surface area (Å²) >= 11 is 11.6. The van der Waals surface area contributed by atoms with E-state index in [1.807, 2.05) is 0 Å². The number of aromatic nitrogens is 2. The van der Waals surface area contributed by atoms with Crippen molar-refractivity contribution in [2.45, 2.75) is 0 Å². The number of nitrogens with zero attached hydrogens (tertiary/aromatic N) is 1. The number of halogens is 2. The summed E-state index contributed by atoms with van der Waals surface area (Å²) in [6.07, 6.45) is 0.931. The molecular formula is C9H4Cl2N2O2. The highest BCUT2D eigenvalue weighted by Crippen LogP contribution is 2.23. The van der Waals surface area contributed by atoms with Gasteiger partial charge < -0.3 is 4.98 Å². The van der Waals surface area contributed by atoms with Crippen LogP contribution in [-0.4, -0.2) is 9.97 Å². The molecule has 1 heterocycles. The first-order valence-electron chi connectivity index (χ1n) is 3.96. The number of hydrogen-bond acceptors (Lipinski definition) is 3. The van der Waals surface area contributed by atoms with Crippen LogP contribution in [0.1, 0.15) is 0 Å². The minimum absolute atomic E-state index is 0.281. The molecule has 1 aromatic carbocycles. The molecule has 0 spiro atoms. The average Bonchev–Trinajstić information content (AvgIpc) is 2.27. The average molecular weight is 243 g/mol. The van der Waals surface area contributed by atoms with E-state index in [-0.39, 0.29) is 5.02 Å². The van der Waals surface area contributed by atoms with Gasteiger partial charge in [-0.2, -0.15) is 0 Å². The van der Waals surface area contributed by atoms with Crippen LogP contribution in [0.25, 0.3) is 11.0 Å². The van der Waals surface area contributed by atoms with Crippen LogP contribution >= 0.6 is 23.2 Å². The Morgan fingerprint density at radius 2 is 1.93 bits per heavy atom. The fourth-order valence-corrected chi connectivity index (χ4v) is 1.70. The van der Waals surface area contributed by atoms with E-state index in [0.717, 1.165) is 6.20 Å². The Balaban J connectivity index is 3.07. The largest absolute Gasteiger partial charge is 0.317 e. The molecule has 2 aromatic rings. The summed E-state index contributed by atoms with van der Waals surface area (Å²) in [7, 11) is 0. The van der Waals surface area contributed by atoms with Crippen LogP contribution in [0.5, 0.6) is 0 Å². The fourth-order valence-electron chi connectivity index (χ4n) is 1.16. The summed E-state index contributed by atoms with van der Waals surface area (Å²) in [6.45, 7) is 0. The molecule has 76 valence electrons. The SMILES string of the molecule is O=c1cnc2c(Cl)cc(Cl)cc2[nH]c1=O. The summed E-state index contributed by atoms with van der Waals surface area (Å²) in [5, 5.41) is 0.646. The van der Waals surface area contributed by atoms with E-state index in [1.165, 1.54) is 12.1 Å². The highest BCUT2D eigenvalue weighted by atomic mass is 35.5. The van der Waals surface area contributed by atoms with Gasteiger partial charge in [-0.05, 0) is 12.1 Å².